The molecule has 0 aliphatic rings. The van der Waals surface area contributed by atoms with E-state index < -0.39 is 0 Å². The van der Waals surface area contributed by atoms with E-state index in [1.54, 1.807) is 0 Å². The van der Waals surface area contributed by atoms with Crippen molar-refractivity contribution in [3.05, 3.63) is 30.1 Å². The summed E-state index contributed by atoms with van der Waals surface area (Å²) in [4.78, 5) is 0. The van der Waals surface area contributed by atoms with Crippen LogP contribution in [0.15, 0.2) is 24.5 Å². The minimum atomic E-state index is -0.366. The third-order valence-electron chi connectivity index (χ3n) is 1.86. The van der Waals surface area contributed by atoms with Gasteiger partial charge in [0.25, 0.3) is 6.23 Å². The summed E-state index contributed by atoms with van der Waals surface area (Å²) >= 11 is 0. The fourth-order valence-corrected chi connectivity index (χ4v) is 1.21. The van der Waals surface area contributed by atoms with Gasteiger partial charge in [0.15, 0.2) is 12.4 Å². The fourth-order valence-electron chi connectivity index (χ4n) is 1.21. The molecule has 3 heteroatoms. The van der Waals surface area contributed by atoms with Crippen molar-refractivity contribution in [2.24, 2.45) is 0 Å². The van der Waals surface area contributed by atoms with Gasteiger partial charge in [-0.05, 0) is 19.4 Å². The van der Waals surface area contributed by atoms with Gasteiger partial charge in [0.1, 0.15) is 0 Å². The van der Waals surface area contributed by atoms with Crippen LogP contribution in [0.5, 0.6) is 0 Å². The lowest BCUT2D eigenvalue weighted by atomic mass is 10.2. The Balaban J connectivity index is 0.00000144. The molecule has 0 aliphatic heterocycles. The molecule has 0 fully saturated rings. The zero-order valence-electron chi connectivity index (χ0n) is 8.07. The van der Waals surface area contributed by atoms with Crippen molar-refractivity contribution in [1.82, 2.24) is 0 Å². The van der Waals surface area contributed by atoms with Gasteiger partial charge >= 0.3 is 0 Å². The van der Waals surface area contributed by atoms with Gasteiger partial charge in [-0.1, -0.05) is 6.92 Å². The summed E-state index contributed by atoms with van der Waals surface area (Å²) in [6.07, 6.45) is 5.30. The summed E-state index contributed by atoms with van der Waals surface area (Å²) in [7, 11) is 0. The molecule has 0 saturated carbocycles. The minimum absolute atomic E-state index is 0. The molecule has 0 aliphatic carbocycles. The maximum Gasteiger partial charge on any atom is 0.259 e. The molecule has 0 aromatic carbocycles. The van der Waals surface area contributed by atoms with E-state index in [1.807, 2.05) is 36.0 Å². The topological polar surface area (TPSA) is 24.1 Å². The Bertz CT molecular complexity index is 252. The SMILES string of the molecule is CCCC(O)[n+]1cccc(C)c1.[Br-]. The number of hydrogen-bond donors (Lipinski definition) is 1. The Kier molecular flexibility index (Phi) is 5.91. The van der Waals surface area contributed by atoms with E-state index in [4.69, 9.17) is 0 Å². The van der Waals surface area contributed by atoms with Crippen molar-refractivity contribution in [3.63, 3.8) is 0 Å². The van der Waals surface area contributed by atoms with E-state index in [0.29, 0.717) is 0 Å². The highest BCUT2D eigenvalue weighted by atomic mass is 79.9. The van der Waals surface area contributed by atoms with Gasteiger partial charge < -0.3 is 22.1 Å². The number of nitrogens with zero attached hydrogens (tertiary/aromatic N) is 1. The quantitative estimate of drug-likeness (QED) is 0.650. The van der Waals surface area contributed by atoms with Crippen LogP contribution in [0.1, 0.15) is 31.6 Å². The van der Waals surface area contributed by atoms with Crippen LogP contribution in [0.4, 0.5) is 0 Å². The zero-order chi connectivity index (χ0) is 8.97. The van der Waals surface area contributed by atoms with Crippen LogP contribution in [0.2, 0.25) is 0 Å². The second kappa shape index (κ2) is 6.11. The summed E-state index contributed by atoms with van der Waals surface area (Å²) in [6.45, 7) is 4.09. The smallest absolute Gasteiger partial charge is 0.259 e. The Morgan fingerprint density at radius 2 is 2.23 bits per heavy atom. The van der Waals surface area contributed by atoms with Crippen LogP contribution in [0.25, 0.3) is 0 Å². The first kappa shape index (κ1) is 12.6. The lowest BCUT2D eigenvalue weighted by Crippen LogP contribution is -3.00. The zero-order valence-corrected chi connectivity index (χ0v) is 9.66. The standard InChI is InChI=1S/C10H16NO.BrH/c1-3-5-10(12)11-7-4-6-9(2)8-11;/h4,6-8,10,12H,3,5H2,1-2H3;1H/q+1;/p-1. The van der Waals surface area contributed by atoms with E-state index in [1.165, 1.54) is 5.56 Å². The molecule has 1 aromatic rings. The molecule has 0 saturated heterocycles. The van der Waals surface area contributed by atoms with Gasteiger partial charge in [-0.25, -0.2) is 0 Å². The molecule has 1 unspecified atom stereocenters. The molecule has 1 atom stereocenters. The van der Waals surface area contributed by atoms with Crippen LogP contribution in [0, 0.1) is 6.92 Å². The predicted octanol–water partition coefficient (Wildman–Crippen LogP) is -1.42. The van der Waals surface area contributed by atoms with Crippen LogP contribution in [0.3, 0.4) is 0 Å². The molecule has 13 heavy (non-hydrogen) atoms. The Hall–Kier alpha value is -0.410. The first-order valence-corrected chi connectivity index (χ1v) is 4.39. The van der Waals surface area contributed by atoms with E-state index in [9.17, 15) is 5.11 Å². The molecule has 1 aromatic heterocycles. The van der Waals surface area contributed by atoms with E-state index in [-0.39, 0.29) is 23.2 Å². The molecular formula is C10H16BrNO. The van der Waals surface area contributed by atoms with Crippen molar-refractivity contribution < 1.29 is 26.7 Å². The molecular weight excluding hydrogens is 230 g/mol. The van der Waals surface area contributed by atoms with Gasteiger partial charge in [0, 0.05) is 18.1 Å². The molecule has 2 nitrogen and oxygen atoms in total. The van der Waals surface area contributed by atoms with Gasteiger partial charge in [-0.15, -0.1) is 0 Å². The van der Waals surface area contributed by atoms with Crippen molar-refractivity contribution >= 4 is 0 Å². The van der Waals surface area contributed by atoms with E-state index in [0.717, 1.165) is 12.8 Å². The van der Waals surface area contributed by atoms with E-state index >= 15 is 0 Å². The number of aliphatic hydroxyl groups excluding tert-OH is 1. The lowest BCUT2D eigenvalue weighted by molar-refractivity contribution is -0.760. The van der Waals surface area contributed by atoms with Crippen molar-refractivity contribution in [3.8, 4) is 0 Å². The van der Waals surface area contributed by atoms with Crippen molar-refractivity contribution in [2.45, 2.75) is 32.9 Å². The number of halogens is 1. The molecule has 74 valence electrons. The summed E-state index contributed by atoms with van der Waals surface area (Å²) in [6, 6.07) is 3.98. The van der Waals surface area contributed by atoms with Gasteiger partial charge in [0.2, 0.25) is 0 Å². The number of aliphatic hydroxyl groups is 1. The number of pyridine rings is 1. The Morgan fingerprint density at radius 3 is 2.77 bits per heavy atom. The normalized spacial score (nSPS) is 11.9. The third-order valence-corrected chi connectivity index (χ3v) is 1.86. The Morgan fingerprint density at radius 1 is 1.54 bits per heavy atom. The maximum absolute atomic E-state index is 9.61. The number of aromatic nitrogens is 1. The second-order valence-electron chi connectivity index (χ2n) is 3.10. The predicted molar refractivity (Wildman–Crippen MR) is 47.5 cm³/mol. The van der Waals surface area contributed by atoms with Crippen LogP contribution < -0.4 is 21.5 Å². The highest BCUT2D eigenvalue weighted by Gasteiger charge is 2.11. The number of aryl methyl sites for hydroxylation is 1. The second-order valence-corrected chi connectivity index (χ2v) is 3.10. The molecule has 1 rings (SSSR count). The first-order valence-electron chi connectivity index (χ1n) is 4.39. The molecule has 1 N–H and O–H groups in total. The Labute approximate surface area is 90.0 Å². The molecule has 0 bridgehead atoms. The number of rotatable bonds is 3. The molecule has 0 amide bonds. The molecule has 0 spiro atoms. The monoisotopic (exact) mass is 245 g/mol. The van der Waals surface area contributed by atoms with Crippen LogP contribution in [-0.2, 0) is 0 Å². The van der Waals surface area contributed by atoms with Crippen molar-refractivity contribution in [2.75, 3.05) is 0 Å². The van der Waals surface area contributed by atoms with Gasteiger partial charge in [0.05, 0.1) is 0 Å². The average molecular weight is 246 g/mol. The van der Waals surface area contributed by atoms with E-state index in [2.05, 4.69) is 6.92 Å². The highest BCUT2D eigenvalue weighted by Crippen LogP contribution is 2.01. The average Bonchev–Trinajstić information content (AvgIpc) is 2.05. The van der Waals surface area contributed by atoms with Gasteiger partial charge in [-0.2, -0.15) is 4.57 Å². The first-order chi connectivity index (χ1) is 5.74. The largest absolute Gasteiger partial charge is 1.00 e. The minimum Gasteiger partial charge on any atom is -1.00 e. The summed E-state index contributed by atoms with van der Waals surface area (Å²) < 4.78 is 1.85. The summed E-state index contributed by atoms with van der Waals surface area (Å²) in [5.74, 6) is 0. The molecule has 0 radical (unpaired) electrons. The van der Waals surface area contributed by atoms with Crippen molar-refractivity contribution in [1.29, 1.82) is 0 Å². The summed E-state index contributed by atoms with van der Waals surface area (Å²) in [5, 5.41) is 9.61. The third kappa shape index (κ3) is 3.87. The maximum atomic E-state index is 9.61. The molecule has 1 heterocycles. The van der Waals surface area contributed by atoms with Crippen LogP contribution in [-0.4, -0.2) is 5.11 Å². The summed E-state index contributed by atoms with van der Waals surface area (Å²) in [5.41, 5.74) is 1.17. The highest BCUT2D eigenvalue weighted by molar-refractivity contribution is 5.01. The lowest BCUT2D eigenvalue weighted by Gasteiger charge is -2.03. The fraction of sp³-hybridized carbons (Fsp3) is 0.500. The number of hydrogen-bond acceptors (Lipinski definition) is 1. The van der Waals surface area contributed by atoms with Crippen LogP contribution >= 0.6 is 0 Å². The van der Waals surface area contributed by atoms with Gasteiger partial charge in [-0.3, -0.25) is 0 Å².